The smallest absolute Gasteiger partial charge is 0.317 e. The van der Waals surface area contributed by atoms with Crippen LogP contribution in [0.4, 0.5) is 10.5 Å². The van der Waals surface area contributed by atoms with Crippen molar-refractivity contribution in [2.24, 2.45) is 0 Å². The zero-order valence-electron chi connectivity index (χ0n) is 9.91. The summed E-state index contributed by atoms with van der Waals surface area (Å²) in [4.78, 5) is 24.1. The summed E-state index contributed by atoms with van der Waals surface area (Å²) in [5, 5.41) is 5.34. The molecule has 2 rings (SSSR count). The molecule has 0 radical (unpaired) electrons. The van der Waals surface area contributed by atoms with Gasteiger partial charge in [0.15, 0.2) is 0 Å². The highest BCUT2D eigenvalue weighted by Gasteiger charge is 2.18. The lowest BCUT2D eigenvalue weighted by Crippen LogP contribution is -2.34. The van der Waals surface area contributed by atoms with Gasteiger partial charge in [-0.2, -0.15) is 0 Å². The van der Waals surface area contributed by atoms with Crippen LogP contribution in [0.5, 0.6) is 0 Å². The molecule has 0 unspecified atom stereocenters. The molecule has 5 nitrogen and oxygen atoms in total. The topological polar surface area (TPSA) is 61.4 Å². The van der Waals surface area contributed by atoms with Gasteiger partial charge < -0.3 is 15.5 Å². The van der Waals surface area contributed by atoms with Crippen LogP contribution in [0.15, 0.2) is 18.2 Å². The number of hydrogen-bond donors (Lipinski definition) is 2. The summed E-state index contributed by atoms with van der Waals surface area (Å²) >= 11 is 0. The summed E-state index contributed by atoms with van der Waals surface area (Å²) in [5.74, 6) is 0.0248. The molecule has 0 saturated carbocycles. The molecule has 3 amide bonds. The molecule has 0 spiro atoms. The number of carbonyl (C=O) groups is 2. The Morgan fingerprint density at radius 3 is 3.00 bits per heavy atom. The van der Waals surface area contributed by atoms with E-state index >= 15 is 0 Å². The fourth-order valence-corrected chi connectivity index (χ4v) is 1.92. The molecule has 1 aromatic rings. The van der Waals surface area contributed by atoms with Crippen LogP contribution in [-0.2, 0) is 17.8 Å². The average Bonchev–Trinajstić information content (AvgIpc) is 2.67. The molecule has 1 aliphatic rings. The van der Waals surface area contributed by atoms with E-state index in [-0.39, 0.29) is 11.9 Å². The van der Waals surface area contributed by atoms with E-state index in [1.165, 1.54) is 0 Å². The monoisotopic (exact) mass is 233 g/mol. The second kappa shape index (κ2) is 4.45. The Balaban J connectivity index is 2.11. The SMILES string of the molecule is CNC(=O)N(C)Cc1ccc2c(c1)CC(=O)N2. The van der Waals surface area contributed by atoms with Crippen molar-refractivity contribution in [2.45, 2.75) is 13.0 Å². The van der Waals surface area contributed by atoms with Gasteiger partial charge in [-0.3, -0.25) is 4.79 Å². The van der Waals surface area contributed by atoms with Gasteiger partial charge in [0.25, 0.3) is 0 Å². The van der Waals surface area contributed by atoms with Crippen LogP contribution in [0.25, 0.3) is 0 Å². The van der Waals surface area contributed by atoms with Crippen molar-refractivity contribution in [1.82, 2.24) is 10.2 Å². The van der Waals surface area contributed by atoms with Gasteiger partial charge in [0.2, 0.25) is 5.91 Å². The number of nitrogens with zero attached hydrogens (tertiary/aromatic N) is 1. The molecule has 0 saturated heterocycles. The van der Waals surface area contributed by atoms with E-state index in [1.807, 2.05) is 18.2 Å². The van der Waals surface area contributed by atoms with Crippen LogP contribution in [0, 0.1) is 0 Å². The number of hydrogen-bond acceptors (Lipinski definition) is 2. The highest BCUT2D eigenvalue weighted by Crippen LogP contribution is 2.24. The predicted molar refractivity (Wildman–Crippen MR) is 64.7 cm³/mol. The van der Waals surface area contributed by atoms with E-state index in [1.54, 1.807) is 19.0 Å². The zero-order chi connectivity index (χ0) is 12.4. The molecule has 17 heavy (non-hydrogen) atoms. The van der Waals surface area contributed by atoms with Crippen molar-refractivity contribution in [3.8, 4) is 0 Å². The Labute approximate surface area is 99.8 Å². The van der Waals surface area contributed by atoms with Crippen molar-refractivity contribution in [2.75, 3.05) is 19.4 Å². The number of anilines is 1. The van der Waals surface area contributed by atoms with Gasteiger partial charge in [0.05, 0.1) is 6.42 Å². The quantitative estimate of drug-likeness (QED) is 0.799. The van der Waals surface area contributed by atoms with Crippen molar-refractivity contribution < 1.29 is 9.59 Å². The summed E-state index contributed by atoms with van der Waals surface area (Å²) in [6.45, 7) is 0.529. The summed E-state index contributed by atoms with van der Waals surface area (Å²) in [7, 11) is 3.33. The average molecular weight is 233 g/mol. The third-order valence-corrected chi connectivity index (χ3v) is 2.78. The van der Waals surface area contributed by atoms with E-state index in [0.29, 0.717) is 13.0 Å². The highest BCUT2D eigenvalue weighted by molar-refractivity contribution is 5.99. The predicted octanol–water partition coefficient (Wildman–Crippen LogP) is 0.952. The number of carbonyl (C=O) groups excluding carboxylic acids is 2. The molecule has 0 bridgehead atoms. The van der Waals surface area contributed by atoms with Gasteiger partial charge in [0.1, 0.15) is 0 Å². The summed E-state index contributed by atoms with van der Waals surface area (Å²) in [5.41, 5.74) is 2.89. The molecule has 0 fully saturated rings. The third-order valence-electron chi connectivity index (χ3n) is 2.78. The summed E-state index contributed by atoms with van der Waals surface area (Å²) < 4.78 is 0. The van der Waals surface area contributed by atoms with Gasteiger partial charge in [-0.15, -0.1) is 0 Å². The number of rotatable bonds is 2. The molecule has 0 aliphatic carbocycles. The van der Waals surface area contributed by atoms with Gasteiger partial charge in [-0.05, 0) is 17.2 Å². The van der Waals surface area contributed by atoms with E-state index < -0.39 is 0 Å². The Morgan fingerprint density at radius 1 is 1.53 bits per heavy atom. The fraction of sp³-hybridized carbons (Fsp3) is 0.333. The Hall–Kier alpha value is -2.04. The lowest BCUT2D eigenvalue weighted by Gasteiger charge is -2.16. The minimum Gasteiger partial charge on any atom is -0.341 e. The van der Waals surface area contributed by atoms with Crippen LogP contribution < -0.4 is 10.6 Å². The number of nitrogens with one attached hydrogen (secondary N) is 2. The maximum absolute atomic E-state index is 11.4. The maximum Gasteiger partial charge on any atom is 0.317 e. The van der Waals surface area contributed by atoms with Crippen LogP contribution in [0.2, 0.25) is 0 Å². The molecule has 5 heteroatoms. The van der Waals surface area contributed by atoms with Crippen molar-refractivity contribution in [3.05, 3.63) is 29.3 Å². The van der Waals surface area contributed by atoms with Crippen molar-refractivity contribution in [1.29, 1.82) is 0 Å². The third kappa shape index (κ3) is 2.38. The van der Waals surface area contributed by atoms with Gasteiger partial charge in [-0.1, -0.05) is 12.1 Å². The standard InChI is InChI=1S/C12H15N3O2/c1-13-12(17)15(2)7-8-3-4-10-9(5-8)6-11(16)14-10/h3-5H,6-7H2,1-2H3,(H,13,17)(H,14,16). The van der Waals surface area contributed by atoms with E-state index in [2.05, 4.69) is 10.6 Å². The summed E-state index contributed by atoms with van der Waals surface area (Å²) in [6, 6.07) is 5.64. The second-order valence-electron chi connectivity index (χ2n) is 4.13. The minimum atomic E-state index is -0.125. The first-order chi connectivity index (χ1) is 8.10. The Kier molecular flexibility index (Phi) is 2.99. The lowest BCUT2D eigenvalue weighted by atomic mass is 10.1. The molecule has 1 aromatic carbocycles. The molecular weight excluding hydrogens is 218 g/mol. The molecule has 0 atom stereocenters. The van der Waals surface area contributed by atoms with Gasteiger partial charge in [0, 0.05) is 26.3 Å². The molecule has 1 heterocycles. The van der Waals surface area contributed by atoms with Crippen LogP contribution in [-0.4, -0.2) is 30.9 Å². The maximum atomic E-state index is 11.4. The fourth-order valence-electron chi connectivity index (χ4n) is 1.92. The molecule has 2 N–H and O–H groups in total. The minimum absolute atomic E-state index is 0.0248. The van der Waals surface area contributed by atoms with E-state index in [4.69, 9.17) is 0 Å². The number of urea groups is 1. The number of fused-ring (bicyclic) bond motifs is 1. The lowest BCUT2D eigenvalue weighted by molar-refractivity contribution is -0.115. The highest BCUT2D eigenvalue weighted by atomic mass is 16.2. The second-order valence-corrected chi connectivity index (χ2v) is 4.13. The Morgan fingerprint density at radius 2 is 2.29 bits per heavy atom. The molecular formula is C12H15N3O2. The van der Waals surface area contributed by atoms with Crippen molar-refractivity contribution in [3.63, 3.8) is 0 Å². The largest absolute Gasteiger partial charge is 0.341 e. The van der Waals surface area contributed by atoms with Gasteiger partial charge in [-0.25, -0.2) is 4.79 Å². The van der Waals surface area contributed by atoms with Crippen molar-refractivity contribution >= 4 is 17.6 Å². The van der Waals surface area contributed by atoms with Crippen LogP contribution >= 0.6 is 0 Å². The normalized spacial score (nSPS) is 12.9. The van der Waals surface area contributed by atoms with Gasteiger partial charge >= 0.3 is 6.03 Å². The van der Waals surface area contributed by atoms with Crippen LogP contribution in [0.3, 0.4) is 0 Å². The first kappa shape index (κ1) is 11.4. The first-order valence-electron chi connectivity index (χ1n) is 5.44. The number of benzene rings is 1. The van der Waals surface area contributed by atoms with E-state index in [9.17, 15) is 9.59 Å². The number of amides is 3. The first-order valence-corrected chi connectivity index (χ1v) is 5.44. The van der Waals surface area contributed by atoms with Crippen LogP contribution in [0.1, 0.15) is 11.1 Å². The zero-order valence-corrected chi connectivity index (χ0v) is 9.91. The Bertz CT molecular complexity index is 471. The molecule has 1 aliphatic heterocycles. The molecule has 90 valence electrons. The summed E-state index contributed by atoms with van der Waals surface area (Å²) in [6.07, 6.45) is 0.423. The van der Waals surface area contributed by atoms with E-state index in [0.717, 1.165) is 16.8 Å². The molecule has 0 aromatic heterocycles.